The second-order valence-electron chi connectivity index (χ2n) is 8.13. The molecule has 35 heavy (non-hydrogen) atoms. The summed E-state index contributed by atoms with van der Waals surface area (Å²) in [6, 6.07) is 20.1. The maximum atomic E-state index is 12.5. The lowest BCUT2D eigenvalue weighted by Crippen LogP contribution is -2.53. The Morgan fingerprint density at radius 3 is 1.71 bits per heavy atom. The molecule has 0 fully saturated rings. The first kappa shape index (κ1) is 27.3. The number of rotatable bonds is 14. The standard InChI is InChI=1S/C27H32N2O6/c1-4-24(30)34-20-27(3,21-35-25(31)5-2)28-26(32)33-17-16-29(18-22-12-8-6-9-13-22)19-23-14-10-7-11-15-23/h4-15H,1-2,16-21H2,3H3,(H,28,32). The van der Waals surface area contributed by atoms with E-state index in [0.717, 1.165) is 23.3 Å². The number of nitrogens with one attached hydrogen (secondary N) is 1. The van der Waals surface area contributed by atoms with Crippen LogP contribution in [0.4, 0.5) is 4.79 Å². The fraction of sp³-hybridized carbons (Fsp3) is 0.296. The summed E-state index contributed by atoms with van der Waals surface area (Å²) in [6.07, 6.45) is 1.28. The summed E-state index contributed by atoms with van der Waals surface area (Å²) in [4.78, 5) is 37.6. The average molecular weight is 481 g/mol. The molecule has 0 saturated heterocycles. The van der Waals surface area contributed by atoms with Gasteiger partial charge in [-0.25, -0.2) is 14.4 Å². The first-order valence-corrected chi connectivity index (χ1v) is 11.2. The molecular formula is C27H32N2O6. The fourth-order valence-electron chi connectivity index (χ4n) is 3.14. The summed E-state index contributed by atoms with van der Waals surface area (Å²) in [5.74, 6) is -1.34. The summed E-state index contributed by atoms with van der Waals surface area (Å²) in [7, 11) is 0. The van der Waals surface area contributed by atoms with E-state index in [4.69, 9.17) is 14.2 Å². The molecule has 0 atom stereocenters. The highest BCUT2D eigenvalue weighted by molar-refractivity contribution is 5.82. The zero-order valence-electron chi connectivity index (χ0n) is 20.0. The summed E-state index contributed by atoms with van der Waals surface area (Å²) in [6.45, 7) is 9.74. The van der Waals surface area contributed by atoms with Gasteiger partial charge in [0.05, 0.1) is 0 Å². The quantitative estimate of drug-likeness (QED) is 0.251. The molecule has 2 aromatic rings. The van der Waals surface area contributed by atoms with Crippen molar-refractivity contribution in [1.82, 2.24) is 10.2 Å². The van der Waals surface area contributed by atoms with Gasteiger partial charge in [0.15, 0.2) is 0 Å². The monoisotopic (exact) mass is 480 g/mol. The van der Waals surface area contributed by atoms with Crippen LogP contribution in [0.25, 0.3) is 0 Å². The number of ether oxygens (including phenoxy) is 3. The molecule has 8 heteroatoms. The van der Waals surface area contributed by atoms with Crippen molar-refractivity contribution in [2.75, 3.05) is 26.4 Å². The first-order chi connectivity index (χ1) is 16.8. The van der Waals surface area contributed by atoms with Gasteiger partial charge < -0.3 is 19.5 Å². The largest absolute Gasteiger partial charge is 0.460 e. The number of benzene rings is 2. The molecular weight excluding hydrogens is 448 g/mol. The Bertz CT molecular complexity index is 912. The highest BCUT2D eigenvalue weighted by Crippen LogP contribution is 2.11. The molecule has 0 unspecified atom stereocenters. The molecule has 0 spiro atoms. The molecule has 2 rings (SSSR count). The van der Waals surface area contributed by atoms with Gasteiger partial charge in [0.25, 0.3) is 0 Å². The molecule has 8 nitrogen and oxygen atoms in total. The number of nitrogens with zero attached hydrogens (tertiary/aromatic N) is 1. The van der Waals surface area contributed by atoms with Crippen LogP contribution in [-0.4, -0.2) is 54.8 Å². The van der Waals surface area contributed by atoms with Crippen LogP contribution in [0, 0.1) is 0 Å². The van der Waals surface area contributed by atoms with Crippen molar-refractivity contribution in [3.05, 3.63) is 97.1 Å². The molecule has 1 N–H and O–H groups in total. The number of carbonyl (C=O) groups is 3. The summed E-state index contributed by atoms with van der Waals surface area (Å²) >= 11 is 0. The number of esters is 2. The summed E-state index contributed by atoms with van der Waals surface area (Å²) in [5, 5.41) is 2.62. The normalized spacial score (nSPS) is 10.8. The van der Waals surface area contributed by atoms with Crippen LogP contribution < -0.4 is 5.32 Å². The van der Waals surface area contributed by atoms with Crippen molar-refractivity contribution in [2.24, 2.45) is 0 Å². The molecule has 0 aliphatic carbocycles. The minimum atomic E-state index is -1.21. The van der Waals surface area contributed by atoms with Crippen molar-refractivity contribution in [1.29, 1.82) is 0 Å². The van der Waals surface area contributed by atoms with E-state index in [2.05, 4.69) is 23.4 Å². The van der Waals surface area contributed by atoms with Crippen molar-refractivity contribution in [2.45, 2.75) is 25.6 Å². The Kier molecular flexibility index (Phi) is 11.2. The van der Waals surface area contributed by atoms with E-state index in [-0.39, 0.29) is 19.8 Å². The van der Waals surface area contributed by atoms with Crippen LogP contribution in [0.3, 0.4) is 0 Å². The number of hydrogen-bond donors (Lipinski definition) is 1. The first-order valence-electron chi connectivity index (χ1n) is 11.2. The highest BCUT2D eigenvalue weighted by Gasteiger charge is 2.31. The predicted molar refractivity (Wildman–Crippen MR) is 132 cm³/mol. The maximum Gasteiger partial charge on any atom is 0.407 e. The summed E-state index contributed by atoms with van der Waals surface area (Å²) < 4.78 is 15.5. The van der Waals surface area contributed by atoms with Crippen molar-refractivity contribution in [3.8, 4) is 0 Å². The smallest absolute Gasteiger partial charge is 0.407 e. The van der Waals surface area contributed by atoms with Gasteiger partial charge in [0, 0.05) is 31.8 Å². The molecule has 0 aliphatic rings. The Labute approximate surface area is 206 Å². The van der Waals surface area contributed by atoms with Crippen LogP contribution in [-0.2, 0) is 36.9 Å². The van der Waals surface area contributed by atoms with Crippen molar-refractivity contribution < 1.29 is 28.6 Å². The van der Waals surface area contributed by atoms with E-state index >= 15 is 0 Å². The van der Waals surface area contributed by atoms with Gasteiger partial charge in [-0.15, -0.1) is 0 Å². The van der Waals surface area contributed by atoms with Crippen molar-refractivity contribution in [3.63, 3.8) is 0 Å². The molecule has 0 heterocycles. The molecule has 0 aliphatic heterocycles. The number of hydrogen-bond acceptors (Lipinski definition) is 7. The average Bonchev–Trinajstić information content (AvgIpc) is 2.87. The minimum Gasteiger partial charge on any atom is -0.460 e. The van der Waals surface area contributed by atoms with Gasteiger partial charge in [-0.3, -0.25) is 4.90 Å². The van der Waals surface area contributed by atoms with Crippen molar-refractivity contribution >= 4 is 18.0 Å². The van der Waals surface area contributed by atoms with E-state index < -0.39 is 23.6 Å². The number of amides is 1. The molecule has 186 valence electrons. The molecule has 1 amide bonds. The Morgan fingerprint density at radius 2 is 1.29 bits per heavy atom. The van der Waals surface area contributed by atoms with E-state index in [1.807, 2.05) is 60.7 Å². The SMILES string of the molecule is C=CC(=O)OCC(C)(COC(=O)C=C)NC(=O)OCCN(Cc1ccccc1)Cc1ccccc1. The van der Waals surface area contributed by atoms with E-state index in [9.17, 15) is 14.4 Å². The minimum absolute atomic E-state index is 0.125. The zero-order valence-corrected chi connectivity index (χ0v) is 20.0. The van der Waals surface area contributed by atoms with Gasteiger partial charge in [-0.2, -0.15) is 0 Å². The zero-order chi connectivity index (χ0) is 25.5. The van der Waals surface area contributed by atoms with Gasteiger partial charge in [0.1, 0.15) is 25.4 Å². The third-order valence-electron chi connectivity index (χ3n) is 4.94. The Hall–Kier alpha value is -3.91. The fourth-order valence-corrected chi connectivity index (χ4v) is 3.14. The second-order valence-corrected chi connectivity index (χ2v) is 8.13. The van der Waals surface area contributed by atoms with E-state index in [1.54, 1.807) is 6.92 Å². The predicted octanol–water partition coefficient (Wildman–Crippen LogP) is 3.63. The van der Waals surface area contributed by atoms with Crippen LogP contribution in [0.2, 0.25) is 0 Å². The Balaban J connectivity index is 1.95. The molecule has 0 saturated carbocycles. The van der Waals surface area contributed by atoms with Gasteiger partial charge in [-0.05, 0) is 18.1 Å². The van der Waals surface area contributed by atoms with Crippen LogP contribution in [0.15, 0.2) is 86.0 Å². The molecule has 2 aromatic carbocycles. The summed E-state index contributed by atoms with van der Waals surface area (Å²) in [5.41, 5.74) is 1.09. The molecule has 0 aromatic heterocycles. The topological polar surface area (TPSA) is 94.2 Å². The Morgan fingerprint density at radius 1 is 0.829 bits per heavy atom. The van der Waals surface area contributed by atoms with Crippen LogP contribution in [0.5, 0.6) is 0 Å². The van der Waals surface area contributed by atoms with E-state index in [1.165, 1.54) is 0 Å². The van der Waals surface area contributed by atoms with Gasteiger partial charge in [0.2, 0.25) is 0 Å². The lowest BCUT2D eigenvalue weighted by Gasteiger charge is -2.29. The lowest BCUT2D eigenvalue weighted by molar-refractivity contribution is -0.144. The van der Waals surface area contributed by atoms with E-state index in [0.29, 0.717) is 19.6 Å². The molecule has 0 radical (unpaired) electrons. The maximum absolute atomic E-state index is 12.5. The second kappa shape index (κ2) is 14.4. The van der Waals surface area contributed by atoms with Crippen LogP contribution >= 0.6 is 0 Å². The third kappa shape index (κ3) is 10.7. The number of alkyl carbamates (subject to hydrolysis) is 1. The highest BCUT2D eigenvalue weighted by atomic mass is 16.6. The van der Waals surface area contributed by atoms with Gasteiger partial charge in [-0.1, -0.05) is 73.8 Å². The lowest BCUT2D eigenvalue weighted by atomic mass is 10.1. The van der Waals surface area contributed by atoms with Crippen LogP contribution in [0.1, 0.15) is 18.1 Å². The van der Waals surface area contributed by atoms with Gasteiger partial charge >= 0.3 is 18.0 Å². The molecule has 0 bridgehead atoms. The third-order valence-corrected chi connectivity index (χ3v) is 4.94. The number of carbonyl (C=O) groups excluding carboxylic acids is 3.